The number of nitrogens with one attached hydrogen (secondary N) is 1. The van der Waals surface area contributed by atoms with Gasteiger partial charge >= 0.3 is 5.97 Å². The molecule has 5 nitrogen and oxygen atoms in total. The first kappa shape index (κ1) is 11.2. The van der Waals surface area contributed by atoms with Crippen molar-refractivity contribution >= 4 is 23.2 Å². The molecule has 0 unspecified atom stereocenters. The van der Waals surface area contributed by atoms with Crippen LogP contribution in [0.15, 0.2) is 18.2 Å². The number of aromatic nitrogens is 1. The van der Waals surface area contributed by atoms with Gasteiger partial charge in [-0.25, -0.2) is 4.79 Å². The highest BCUT2D eigenvalue weighted by molar-refractivity contribution is 6.03. The number of esters is 1. The number of aldehydes is 1. The van der Waals surface area contributed by atoms with Crippen LogP contribution in [0.25, 0.3) is 10.9 Å². The molecule has 0 spiro atoms. The second kappa shape index (κ2) is 4.29. The third-order valence-corrected chi connectivity index (χ3v) is 2.45. The topological polar surface area (TPSA) is 79.4 Å². The summed E-state index contributed by atoms with van der Waals surface area (Å²) in [6.45, 7) is 2.02. The number of rotatable bonds is 3. The van der Waals surface area contributed by atoms with Crippen molar-refractivity contribution in [3.63, 3.8) is 0 Å². The number of aromatic hydroxyl groups is 1. The van der Waals surface area contributed by atoms with Crippen LogP contribution in [0.5, 0.6) is 5.88 Å². The molecule has 0 fully saturated rings. The van der Waals surface area contributed by atoms with Crippen molar-refractivity contribution in [3.05, 3.63) is 29.3 Å². The van der Waals surface area contributed by atoms with E-state index in [1.807, 2.05) is 0 Å². The van der Waals surface area contributed by atoms with Gasteiger partial charge in [-0.2, -0.15) is 0 Å². The molecule has 0 radical (unpaired) electrons. The van der Waals surface area contributed by atoms with Crippen molar-refractivity contribution in [3.8, 4) is 5.88 Å². The third-order valence-electron chi connectivity index (χ3n) is 2.45. The quantitative estimate of drug-likeness (QED) is 0.626. The molecule has 0 atom stereocenters. The van der Waals surface area contributed by atoms with E-state index in [9.17, 15) is 14.7 Å². The van der Waals surface area contributed by atoms with Crippen LogP contribution in [-0.2, 0) is 4.74 Å². The Morgan fingerprint density at radius 1 is 1.53 bits per heavy atom. The SMILES string of the molecule is CCOC(=O)c1ccc2c(C=O)c(O)[nH]c2c1. The Morgan fingerprint density at radius 2 is 2.29 bits per heavy atom. The smallest absolute Gasteiger partial charge is 0.338 e. The van der Waals surface area contributed by atoms with Crippen molar-refractivity contribution in [2.75, 3.05) is 6.61 Å². The van der Waals surface area contributed by atoms with E-state index >= 15 is 0 Å². The molecule has 0 bridgehead atoms. The molecule has 2 aromatic rings. The summed E-state index contributed by atoms with van der Waals surface area (Å²) in [7, 11) is 0. The minimum Gasteiger partial charge on any atom is -0.494 e. The summed E-state index contributed by atoms with van der Waals surface area (Å²) >= 11 is 0. The van der Waals surface area contributed by atoms with Gasteiger partial charge < -0.3 is 14.8 Å². The number of carbonyl (C=O) groups excluding carboxylic acids is 2. The van der Waals surface area contributed by atoms with Gasteiger partial charge in [-0.15, -0.1) is 0 Å². The van der Waals surface area contributed by atoms with Crippen molar-refractivity contribution in [1.82, 2.24) is 4.98 Å². The summed E-state index contributed by atoms with van der Waals surface area (Å²) in [5, 5.41) is 10.0. The molecule has 0 amide bonds. The lowest BCUT2D eigenvalue weighted by Crippen LogP contribution is -2.04. The third kappa shape index (κ3) is 1.87. The number of hydrogen-bond donors (Lipinski definition) is 2. The minimum atomic E-state index is -0.434. The molecule has 0 aliphatic heterocycles. The highest BCUT2D eigenvalue weighted by Gasteiger charge is 2.13. The van der Waals surface area contributed by atoms with E-state index in [1.165, 1.54) is 0 Å². The summed E-state index contributed by atoms with van der Waals surface area (Å²) in [4.78, 5) is 24.9. The van der Waals surface area contributed by atoms with E-state index in [1.54, 1.807) is 25.1 Å². The Bertz CT molecular complexity index is 585. The van der Waals surface area contributed by atoms with E-state index in [2.05, 4.69) is 4.98 Å². The zero-order valence-electron chi connectivity index (χ0n) is 9.19. The second-order valence-electron chi connectivity index (χ2n) is 3.49. The second-order valence-corrected chi connectivity index (χ2v) is 3.49. The first-order valence-corrected chi connectivity index (χ1v) is 5.14. The first-order valence-electron chi connectivity index (χ1n) is 5.14. The maximum Gasteiger partial charge on any atom is 0.338 e. The number of aromatic amines is 1. The summed E-state index contributed by atoms with van der Waals surface area (Å²) < 4.78 is 4.86. The molecule has 5 heteroatoms. The van der Waals surface area contributed by atoms with Crippen LogP contribution in [0.2, 0.25) is 0 Å². The molecular weight excluding hydrogens is 222 g/mol. The Kier molecular flexibility index (Phi) is 2.82. The summed E-state index contributed by atoms with van der Waals surface area (Å²) in [6.07, 6.45) is 0.568. The molecule has 0 aliphatic carbocycles. The van der Waals surface area contributed by atoms with Crippen LogP contribution in [0.3, 0.4) is 0 Å². The maximum absolute atomic E-state index is 11.5. The van der Waals surface area contributed by atoms with Crippen LogP contribution in [0, 0.1) is 0 Å². The van der Waals surface area contributed by atoms with Gasteiger partial charge in [-0.1, -0.05) is 6.07 Å². The highest BCUT2D eigenvalue weighted by atomic mass is 16.5. The molecule has 2 rings (SSSR count). The van der Waals surface area contributed by atoms with Crippen molar-refractivity contribution in [2.24, 2.45) is 0 Å². The molecule has 1 aromatic carbocycles. The fourth-order valence-corrected chi connectivity index (χ4v) is 1.67. The van der Waals surface area contributed by atoms with Gasteiger partial charge in [0, 0.05) is 10.9 Å². The van der Waals surface area contributed by atoms with E-state index < -0.39 is 5.97 Å². The predicted molar refractivity (Wildman–Crippen MR) is 61.3 cm³/mol. The van der Waals surface area contributed by atoms with Gasteiger partial charge in [-0.05, 0) is 19.1 Å². The van der Waals surface area contributed by atoms with Gasteiger partial charge in [0.05, 0.1) is 17.7 Å². The van der Waals surface area contributed by atoms with Gasteiger partial charge in [0.25, 0.3) is 0 Å². The first-order chi connectivity index (χ1) is 8.17. The number of H-pyrrole nitrogens is 1. The Hall–Kier alpha value is -2.30. The Labute approximate surface area is 97.0 Å². The van der Waals surface area contributed by atoms with Gasteiger partial charge in [0.2, 0.25) is 0 Å². The van der Waals surface area contributed by atoms with Crippen LogP contribution in [0.4, 0.5) is 0 Å². The fraction of sp³-hybridized carbons (Fsp3) is 0.167. The van der Waals surface area contributed by atoms with E-state index in [0.717, 1.165) is 0 Å². The average Bonchev–Trinajstić information content (AvgIpc) is 2.63. The number of hydrogen-bond acceptors (Lipinski definition) is 4. The summed E-state index contributed by atoms with van der Waals surface area (Å²) in [5.41, 5.74) is 1.09. The van der Waals surface area contributed by atoms with Crippen molar-refractivity contribution < 1.29 is 19.4 Å². The van der Waals surface area contributed by atoms with E-state index in [0.29, 0.717) is 29.4 Å². The average molecular weight is 233 g/mol. The lowest BCUT2D eigenvalue weighted by atomic mass is 10.1. The van der Waals surface area contributed by atoms with E-state index in [-0.39, 0.29) is 11.4 Å². The molecule has 0 saturated heterocycles. The van der Waals surface area contributed by atoms with Crippen LogP contribution in [0.1, 0.15) is 27.6 Å². The van der Waals surface area contributed by atoms with Gasteiger partial charge in [-0.3, -0.25) is 4.79 Å². The lowest BCUT2D eigenvalue weighted by molar-refractivity contribution is 0.0526. The normalized spacial score (nSPS) is 10.4. The monoisotopic (exact) mass is 233 g/mol. The molecule has 1 aromatic heterocycles. The standard InChI is InChI=1S/C12H11NO4/c1-2-17-12(16)7-3-4-8-9(6-14)11(15)13-10(8)5-7/h3-6,13,15H,2H2,1H3. The number of fused-ring (bicyclic) bond motifs is 1. The Balaban J connectivity index is 2.52. The fourth-order valence-electron chi connectivity index (χ4n) is 1.67. The summed E-state index contributed by atoms with van der Waals surface area (Å²) in [5.74, 6) is -0.632. The Morgan fingerprint density at radius 3 is 2.94 bits per heavy atom. The van der Waals surface area contributed by atoms with Crippen LogP contribution in [-0.4, -0.2) is 29.0 Å². The zero-order chi connectivity index (χ0) is 12.4. The van der Waals surface area contributed by atoms with Gasteiger partial charge in [0.15, 0.2) is 12.2 Å². The largest absolute Gasteiger partial charge is 0.494 e. The summed E-state index contributed by atoms with van der Waals surface area (Å²) in [6, 6.07) is 4.70. The van der Waals surface area contributed by atoms with Crippen LogP contribution < -0.4 is 0 Å². The number of carbonyl (C=O) groups is 2. The predicted octanol–water partition coefficient (Wildman–Crippen LogP) is 1.86. The van der Waals surface area contributed by atoms with E-state index in [4.69, 9.17) is 4.74 Å². The molecule has 17 heavy (non-hydrogen) atoms. The highest BCUT2D eigenvalue weighted by Crippen LogP contribution is 2.26. The molecule has 0 aliphatic rings. The molecule has 2 N–H and O–H groups in total. The van der Waals surface area contributed by atoms with Gasteiger partial charge in [0.1, 0.15) is 0 Å². The van der Waals surface area contributed by atoms with Crippen molar-refractivity contribution in [1.29, 1.82) is 0 Å². The minimum absolute atomic E-state index is 0.190. The number of benzene rings is 1. The molecular formula is C12H11NO4. The lowest BCUT2D eigenvalue weighted by Gasteiger charge is -2.01. The maximum atomic E-state index is 11.5. The molecule has 1 heterocycles. The number of ether oxygens (including phenoxy) is 1. The van der Waals surface area contributed by atoms with Crippen LogP contribution >= 0.6 is 0 Å². The molecule has 0 saturated carbocycles. The van der Waals surface area contributed by atoms with Crippen molar-refractivity contribution in [2.45, 2.75) is 6.92 Å². The molecule has 88 valence electrons. The zero-order valence-corrected chi connectivity index (χ0v) is 9.19.